The van der Waals surface area contributed by atoms with Gasteiger partial charge in [-0.2, -0.15) is 15.0 Å². The number of ether oxygens (including phenoxy) is 2. The number of anilines is 3. The fourth-order valence-corrected chi connectivity index (χ4v) is 0.685. The highest BCUT2D eigenvalue weighted by molar-refractivity contribution is 5.57. The predicted molar refractivity (Wildman–Crippen MR) is 61.0 cm³/mol. The van der Waals surface area contributed by atoms with Crippen LogP contribution in [0.1, 0.15) is 0 Å². The Morgan fingerprint density at radius 2 is 1.11 bits per heavy atom. The molecule has 0 spiro atoms. The zero-order valence-corrected chi connectivity index (χ0v) is 9.52. The summed E-state index contributed by atoms with van der Waals surface area (Å²) >= 11 is 0. The van der Waals surface area contributed by atoms with Gasteiger partial charge >= 0.3 is 12.3 Å². The third-order valence-electron chi connectivity index (χ3n) is 1.22. The maximum atomic E-state index is 9.62. The number of aromatic nitrogens is 3. The van der Waals surface area contributed by atoms with Crippen molar-refractivity contribution >= 4 is 30.2 Å². The number of carbonyl (C=O) groups is 2. The Hall–Kier alpha value is -3.05. The molecule has 12 nitrogen and oxygen atoms in total. The van der Waals surface area contributed by atoms with Gasteiger partial charge in [0.2, 0.25) is 17.8 Å². The van der Waals surface area contributed by atoms with E-state index >= 15 is 0 Å². The molecule has 1 rings (SSSR count). The van der Waals surface area contributed by atoms with Crippen molar-refractivity contribution in [3.8, 4) is 0 Å². The molecule has 0 aliphatic heterocycles. The zero-order valence-electron chi connectivity index (χ0n) is 9.52. The highest BCUT2D eigenvalue weighted by atomic mass is 16.7. The van der Waals surface area contributed by atoms with E-state index in [9.17, 15) is 9.59 Å². The molecule has 0 radical (unpaired) electrons. The molecule has 0 fully saturated rings. The first-order valence-corrected chi connectivity index (χ1v) is 4.55. The maximum Gasteiger partial charge on any atom is 0.505 e. The molecule has 0 aliphatic rings. The van der Waals surface area contributed by atoms with Gasteiger partial charge in [0.05, 0.1) is 0 Å². The van der Waals surface area contributed by atoms with Crippen LogP contribution in [0, 0.1) is 0 Å². The Balaban J connectivity index is 0.000000342. The molecule has 12 heteroatoms. The highest BCUT2D eigenvalue weighted by Gasteiger charge is 1.98. The number of nitrogens with two attached hydrogens (primary N) is 3. The van der Waals surface area contributed by atoms with E-state index in [2.05, 4.69) is 24.4 Å². The van der Waals surface area contributed by atoms with Crippen LogP contribution in [0.3, 0.4) is 0 Å². The Labute approximate surface area is 106 Å². The zero-order chi connectivity index (χ0) is 14.8. The lowest BCUT2D eigenvalue weighted by Crippen LogP contribution is -2.10. The Bertz CT molecular complexity index is 374. The van der Waals surface area contributed by atoms with Crippen LogP contribution in [-0.4, -0.2) is 50.7 Å². The molecule has 0 aliphatic carbocycles. The first-order valence-electron chi connectivity index (χ1n) is 4.55. The molecule has 19 heavy (non-hydrogen) atoms. The van der Waals surface area contributed by atoms with Crippen LogP contribution >= 0.6 is 0 Å². The van der Waals surface area contributed by atoms with E-state index in [0.717, 1.165) is 0 Å². The molecule has 0 amide bonds. The van der Waals surface area contributed by atoms with Gasteiger partial charge in [0, 0.05) is 0 Å². The molecule has 0 bridgehead atoms. The van der Waals surface area contributed by atoms with Crippen molar-refractivity contribution in [2.75, 3.05) is 30.4 Å². The van der Waals surface area contributed by atoms with E-state index in [0.29, 0.717) is 0 Å². The summed E-state index contributed by atoms with van der Waals surface area (Å²) in [7, 11) is 0. The van der Waals surface area contributed by atoms with Crippen LogP contribution in [0.15, 0.2) is 0 Å². The molecule has 1 aromatic heterocycles. The van der Waals surface area contributed by atoms with Gasteiger partial charge in [-0.05, 0) is 0 Å². The fourth-order valence-electron chi connectivity index (χ4n) is 0.685. The normalized spacial score (nSPS) is 8.84. The number of rotatable bonds is 3. The summed E-state index contributed by atoms with van der Waals surface area (Å²) in [6.07, 6.45) is -2.90. The first-order chi connectivity index (χ1) is 8.81. The summed E-state index contributed by atoms with van der Waals surface area (Å²) in [6.45, 7) is -0.552. The number of hydrogen-bond acceptors (Lipinski definition) is 10. The van der Waals surface area contributed by atoms with Crippen LogP contribution in [0.4, 0.5) is 27.4 Å². The molecule has 0 saturated carbocycles. The molecule has 1 heterocycles. The van der Waals surface area contributed by atoms with E-state index in [1.807, 2.05) is 0 Å². The smallest absolute Gasteiger partial charge is 0.450 e. The molecule has 0 aromatic carbocycles. The van der Waals surface area contributed by atoms with Crippen molar-refractivity contribution in [2.45, 2.75) is 0 Å². The predicted octanol–water partition coefficient (Wildman–Crippen LogP) is -1.01. The topological polar surface area (TPSA) is 210 Å². The average molecular weight is 276 g/mol. The van der Waals surface area contributed by atoms with Gasteiger partial charge in [0.15, 0.2) is 0 Å². The minimum Gasteiger partial charge on any atom is -0.450 e. The Kier molecular flexibility index (Phi) is 6.80. The van der Waals surface area contributed by atoms with Crippen molar-refractivity contribution in [1.29, 1.82) is 0 Å². The van der Waals surface area contributed by atoms with E-state index in [1.54, 1.807) is 0 Å². The van der Waals surface area contributed by atoms with Crippen LogP contribution in [-0.2, 0) is 9.47 Å². The second-order valence-corrected chi connectivity index (χ2v) is 2.64. The average Bonchev–Trinajstić information content (AvgIpc) is 2.22. The number of carboxylic acid groups (broad SMARTS) is 2. The summed E-state index contributed by atoms with van der Waals surface area (Å²) in [5, 5.41) is 15.7. The second-order valence-electron chi connectivity index (χ2n) is 2.64. The summed E-state index contributed by atoms with van der Waals surface area (Å²) in [5.41, 5.74) is 15.4. The van der Waals surface area contributed by atoms with Gasteiger partial charge in [-0.1, -0.05) is 0 Å². The minimum atomic E-state index is -1.45. The van der Waals surface area contributed by atoms with Crippen LogP contribution in [0.25, 0.3) is 0 Å². The SMILES string of the molecule is Nc1nc(N)nc(N)n1.O=C(O)OCCOC(=O)O. The van der Waals surface area contributed by atoms with Gasteiger partial charge < -0.3 is 36.9 Å². The maximum absolute atomic E-state index is 9.62. The third kappa shape index (κ3) is 9.86. The first kappa shape index (κ1) is 16.0. The molecule has 8 N–H and O–H groups in total. The van der Waals surface area contributed by atoms with Gasteiger partial charge in [-0.25, -0.2) is 9.59 Å². The van der Waals surface area contributed by atoms with Gasteiger partial charge in [0.25, 0.3) is 0 Å². The Morgan fingerprint density at radius 3 is 1.32 bits per heavy atom. The lowest BCUT2D eigenvalue weighted by Gasteiger charge is -1.98. The second kappa shape index (κ2) is 8.10. The molecular formula is C7H12N6O6. The molecule has 0 saturated heterocycles. The summed E-state index contributed by atoms with van der Waals surface area (Å²) in [5.74, 6) is 0.125. The van der Waals surface area contributed by atoms with E-state index in [1.165, 1.54) is 0 Å². The monoisotopic (exact) mass is 276 g/mol. The third-order valence-corrected chi connectivity index (χ3v) is 1.22. The quantitative estimate of drug-likeness (QED) is 0.332. The van der Waals surface area contributed by atoms with Crippen molar-refractivity contribution in [3.63, 3.8) is 0 Å². The van der Waals surface area contributed by atoms with Crippen LogP contribution < -0.4 is 17.2 Å². The van der Waals surface area contributed by atoms with Gasteiger partial charge in [-0.3, -0.25) is 0 Å². The van der Waals surface area contributed by atoms with Crippen LogP contribution in [0.5, 0.6) is 0 Å². The summed E-state index contributed by atoms with van der Waals surface area (Å²) < 4.78 is 7.84. The van der Waals surface area contributed by atoms with Crippen molar-refractivity contribution in [1.82, 2.24) is 15.0 Å². The van der Waals surface area contributed by atoms with Crippen molar-refractivity contribution in [2.24, 2.45) is 0 Å². The van der Waals surface area contributed by atoms with Crippen LogP contribution in [0.2, 0.25) is 0 Å². The van der Waals surface area contributed by atoms with E-state index in [4.69, 9.17) is 27.4 Å². The fraction of sp³-hybridized carbons (Fsp3) is 0.286. The van der Waals surface area contributed by atoms with Gasteiger partial charge in [0.1, 0.15) is 13.2 Å². The highest BCUT2D eigenvalue weighted by Crippen LogP contribution is 1.97. The minimum absolute atomic E-state index is 0.0417. The molecule has 1 aromatic rings. The lowest BCUT2D eigenvalue weighted by atomic mass is 10.8. The molecular weight excluding hydrogens is 264 g/mol. The van der Waals surface area contributed by atoms with Crippen molar-refractivity contribution < 1.29 is 29.3 Å². The lowest BCUT2D eigenvalue weighted by molar-refractivity contribution is 0.0472. The number of hydrogen-bond donors (Lipinski definition) is 5. The van der Waals surface area contributed by atoms with Gasteiger partial charge in [-0.15, -0.1) is 0 Å². The standard InChI is InChI=1S/C4H6O6.C3H6N6/c5-3(6)9-1-2-10-4(7)8;4-1-7-2(5)9-3(6)8-1/h1-2H2,(H,5,6)(H,7,8);(H6,4,5,6,7,8,9). The Morgan fingerprint density at radius 1 is 0.842 bits per heavy atom. The molecule has 0 atom stereocenters. The molecule has 0 unspecified atom stereocenters. The number of nitrogen functional groups attached to an aromatic ring is 3. The molecule has 106 valence electrons. The largest absolute Gasteiger partial charge is 0.505 e. The van der Waals surface area contributed by atoms with Crippen molar-refractivity contribution in [3.05, 3.63) is 0 Å². The van der Waals surface area contributed by atoms with E-state index in [-0.39, 0.29) is 31.1 Å². The van der Waals surface area contributed by atoms with E-state index < -0.39 is 12.3 Å². The summed E-state index contributed by atoms with van der Waals surface area (Å²) in [6, 6.07) is 0. The summed E-state index contributed by atoms with van der Waals surface area (Å²) in [4.78, 5) is 29.7. The number of nitrogens with zero attached hydrogens (tertiary/aromatic N) is 3.